The molecule has 0 amide bonds. The first-order valence-electron chi connectivity index (χ1n) is 8.55. The highest BCUT2D eigenvalue weighted by Gasteiger charge is 2.79. The van der Waals surface area contributed by atoms with E-state index in [0.717, 1.165) is 0 Å². The third-order valence-corrected chi connectivity index (χ3v) is 9.95. The van der Waals surface area contributed by atoms with E-state index in [4.69, 9.17) is 0 Å². The van der Waals surface area contributed by atoms with E-state index in [1.807, 2.05) is 30.3 Å². The van der Waals surface area contributed by atoms with E-state index < -0.39 is 14.6 Å². The summed E-state index contributed by atoms with van der Waals surface area (Å²) < 4.78 is 26.8. The van der Waals surface area contributed by atoms with Gasteiger partial charge in [-0.05, 0) is 40.5 Å². The van der Waals surface area contributed by atoms with Crippen LogP contribution in [-0.2, 0) is 16.3 Å². The third kappa shape index (κ3) is 1.50. The lowest BCUT2D eigenvalue weighted by atomic mass is 9.40. The molecule has 2 aliphatic rings. The van der Waals surface area contributed by atoms with Gasteiger partial charge in [-0.2, -0.15) is 0 Å². The van der Waals surface area contributed by atoms with E-state index in [9.17, 15) is 8.42 Å². The van der Waals surface area contributed by atoms with Crippen LogP contribution in [-0.4, -0.2) is 13.2 Å². The largest absolute Gasteiger partial charge is 0.223 e. The number of hydrogen-bond acceptors (Lipinski definition) is 2. The summed E-state index contributed by atoms with van der Waals surface area (Å²) in [7, 11) is -3.45. The van der Waals surface area contributed by atoms with E-state index in [2.05, 4.69) is 39.8 Å². The molecule has 2 aliphatic carbocycles. The van der Waals surface area contributed by atoms with Crippen molar-refractivity contribution in [3.05, 3.63) is 65.7 Å². The van der Waals surface area contributed by atoms with Crippen LogP contribution in [0.2, 0.25) is 0 Å². The van der Waals surface area contributed by atoms with Crippen molar-refractivity contribution in [2.75, 3.05) is 0 Å². The van der Waals surface area contributed by atoms with Crippen molar-refractivity contribution >= 4 is 9.84 Å². The molecule has 3 heteroatoms. The molecule has 2 aromatic rings. The first kappa shape index (κ1) is 15.9. The van der Waals surface area contributed by atoms with Crippen LogP contribution in [0.5, 0.6) is 0 Å². The molecule has 24 heavy (non-hydrogen) atoms. The average molecular weight is 340 g/mol. The van der Waals surface area contributed by atoms with Gasteiger partial charge in [0.2, 0.25) is 0 Å². The molecule has 1 fully saturated rings. The summed E-state index contributed by atoms with van der Waals surface area (Å²) in [6, 6.07) is 17.3. The number of fused-ring (bicyclic) bond motifs is 3. The van der Waals surface area contributed by atoms with Crippen LogP contribution >= 0.6 is 0 Å². The molecule has 0 N–H and O–H groups in total. The van der Waals surface area contributed by atoms with Crippen LogP contribution < -0.4 is 0 Å². The fraction of sp³-hybridized carbons (Fsp3) is 0.429. The molecular weight excluding hydrogens is 316 g/mol. The normalized spacial score (nSPS) is 29.4. The minimum atomic E-state index is -3.45. The van der Waals surface area contributed by atoms with Crippen molar-refractivity contribution in [2.45, 2.75) is 49.7 Å². The lowest BCUT2D eigenvalue weighted by molar-refractivity contribution is -0.0930. The fourth-order valence-corrected chi connectivity index (χ4v) is 8.34. The summed E-state index contributed by atoms with van der Waals surface area (Å²) in [5.74, 6) is 0.0430. The van der Waals surface area contributed by atoms with Gasteiger partial charge in [0.25, 0.3) is 0 Å². The predicted molar refractivity (Wildman–Crippen MR) is 96.8 cm³/mol. The van der Waals surface area contributed by atoms with E-state index >= 15 is 0 Å². The van der Waals surface area contributed by atoms with E-state index in [-0.39, 0.29) is 16.7 Å². The van der Waals surface area contributed by atoms with Crippen LogP contribution in [0.25, 0.3) is 0 Å². The number of rotatable bonds is 2. The third-order valence-electron chi connectivity index (χ3n) is 7.21. The molecule has 0 bridgehead atoms. The van der Waals surface area contributed by atoms with Gasteiger partial charge in [0, 0.05) is 5.92 Å². The van der Waals surface area contributed by atoms with Gasteiger partial charge >= 0.3 is 0 Å². The average Bonchev–Trinajstić information content (AvgIpc) is 2.91. The molecular formula is C21H24O2S. The summed E-state index contributed by atoms with van der Waals surface area (Å²) in [6.07, 6.45) is 0.613. The highest BCUT2D eigenvalue weighted by atomic mass is 32.2. The van der Waals surface area contributed by atoms with Crippen molar-refractivity contribution in [1.82, 2.24) is 0 Å². The monoisotopic (exact) mass is 340 g/mol. The second-order valence-corrected chi connectivity index (χ2v) is 10.6. The number of benzene rings is 2. The Bertz CT molecular complexity index is 910. The Balaban J connectivity index is 2.00. The van der Waals surface area contributed by atoms with E-state index in [0.29, 0.717) is 11.3 Å². The highest BCUT2D eigenvalue weighted by Crippen LogP contribution is 2.77. The van der Waals surface area contributed by atoms with Gasteiger partial charge in [-0.15, -0.1) is 0 Å². The first-order valence-corrected chi connectivity index (χ1v) is 10.0. The standard InChI is InChI=1S/C21H24O2S/c1-19(2)18-17-13-9-8-10-15(17)14-21(18,20(19,3)4)24(22,23)16-11-6-5-7-12-16/h5-13,18H,14H2,1-4H3/t18-,21+/m1/s1. The zero-order valence-corrected chi connectivity index (χ0v) is 15.5. The molecule has 0 unspecified atom stereocenters. The Hall–Kier alpha value is -1.61. The summed E-state index contributed by atoms with van der Waals surface area (Å²) in [4.78, 5) is 0.450. The van der Waals surface area contributed by atoms with Crippen LogP contribution in [0, 0.1) is 10.8 Å². The Morgan fingerprint density at radius 2 is 1.46 bits per heavy atom. The van der Waals surface area contributed by atoms with Gasteiger partial charge in [-0.1, -0.05) is 70.2 Å². The molecule has 2 nitrogen and oxygen atoms in total. The quantitative estimate of drug-likeness (QED) is 0.800. The molecule has 2 atom stereocenters. The Morgan fingerprint density at radius 1 is 0.875 bits per heavy atom. The Morgan fingerprint density at radius 3 is 2.12 bits per heavy atom. The Labute approximate surface area is 144 Å². The number of sulfone groups is 1. The minimum Gasteiger partial charge on any atom is -0.223 e. The molecule has 126 valence electrons. The SMILES string of the molecule is CC1(C)[C@H]2c3ccccc3C[C@@]2(S(=O)(=O)c2ccccc2)C1(C)C. The zero-order chi connectivity index (χ0) is 17.4. The molecule has 0 aromatic heterocycles. The van der Waals surface area contributed by atoms with E-state index in [1.54, 1.807) is 12.1 Å². The zero-order valence-electron chi connectivity index (χ0n) is 14.7. The maximum atomic E-state index is 13.8. The van der Waals surface area contributed by atoms with Crippen molar-refractivity contribution in [2.24, 2.45) is 10.8 Å². The molecule has 0 saturated heterocycles. The van der Waals surface area contributed by atoms with Gasteiger partial charge < -0.3 is 0 Å². The fourth-order valence-electron chi connectivity index (χ4n) is 5.39. The predicted octanol–water partition coefficient (Wildman–Crippen LogP) is 4.61. The van der Waals surface area contributed by atoms with Crippen molar-refractivity contribution in [3.63, 3.8) is 0 Å². The van der Waals surface area contributed by atoms with Crippen LogP contribution in [0.15, 0.2) is 59.5 Å². The van der Waals surface area contributed by atoms with Gasteiger partial charge in [0.1, 0.15) is 0 Å². The lowest BCUT2D eigenvalue weighted by Gasteiger charge is -2.69. The van der Waals surface area contributed by atoms with Gasteiger partial charge in [0.15, 0.2) is 9.84 Å². The van der Waals surface area contributed by atoms with Gasteiger partial charge in [0.05, 0.1) is 9.64 Å². The molecule has 0 spiro atoms. The molecule has 2 aromatic carbocycles. The molecule has 0 heterocycles. The van der Waals surface area contributed by atoms with E-state index in [1.165, 1.54) is 11.1 Å². The summed E-state index contributed by atoms with van der Waals surface area (Å²) in [5.41, 5.74) is 2.04. The maximum absolute atomic E-state index is 13.8. The van der Waals surface area contributed by atoms with Crippen LogP contribution in [0.1, 0.15) is 44.7 Å². The second kappa shape index (κ2) is 4.51. The maximum Gasteiger partial charge on any atom is 0.185 e. The topological polar surface area (TPSA) is 34.1 Å². The smallest absolute Gasteiger partial charge is 0.185 e. The molecule has 1 saturated carbocycles. The first-order chi connectivity index (χ1) is 11.2. The highest BCUT2D eigenvalue weighted by molar-refractivity contribution is 7.93. The van der Waals surface area contributed by atoms with Crippen LogP contribution in [0.3, 0.4) is 0 Å². The molecule has 4 rings (SSSR count). The summed E-state index contributed by atoms with van der Waals surface area (Å²) >= 11 is 0. The van der Waals surface area contributed by atoms with Crippen LogP contribution in [0.4, 0.5) is 0 Å². The second-order valence-electron chi connectivity index (χ2n) is 8.36. The van der Waals surface area contributed by atoms with Crippen molar-refractivity contribution in [1.29, 1.82) is 0 Å². The molecule has 0 aliphatic heterocycles. The Kier molecular flexibility index (Phi) is 2.99. The number of hydrogen-bond donors (Lipinski definition) is 0. The lowest BCUT2D eigenvalue weighted by Crippen LogP contribution is -2.73. The van der Waals surface area contributed by atoms with Gasteiger partial charge in [-0.3, -0.25) is 0 Å². The van der Waals surface area contributed by atoms with Crippen molar-refractivity contribution in [3.8, 4) is 0 Å². The molecule has 0 radical (unpaired) electrons. The van der Waals surface area contributed by atoms with Gasteiger partial charge in [-0.25, -0.2) is 8.42 Å². The summed E-state index contributed by atoms with van der Waals surface area (Å²) in [6.45, 7) is 8.71. The van der Waals surface area contributed by atoms with Crippen molar-refractivity contribution < 1.29 is 8.42 Å². The minimum absolute atomic E-state index is 0.0430. The summed E-state index contributed by atoms with van der Waals surface area (Å²) in [5, 5.41) is 0.